The Bertz CT molecular complexity index is 1250. The van der Waals surface area contributed by atoms with E-state index in [0.717, 1.165) is 23.4 Å². The molecule has 9 heteroatoms. The molecule has 1 unspecified atom stereocenters. The molecule has 0 aliphatic heterocycles. The highest BCUT2D eigenvalue weighted by molar-refractivity contribution is 5.83. The molecule has 2 heterocycles. The van der Waals surface area contributed by atoms with Crippen molar-refractivity contribution < 1.29 is 22.7 Å². The van der Waals surface area contributed by atoms with E-state index in [1.807, 2.05) is 19.9 Å². The van der Waals surface area contributed by atoms with Gasteiger partial charge in [-0.25, -0.2) is 14.4 Å². The zero-order valence-electron chi connectivity index (χ0n) is 16.5. The van der Waals surface area contributed by atoms with Crippen LogP contribution >= 0.6 is 0 Å². The predicted molar refractivity (Wildman–Crippen MR) is 109 cm³/mol. The molecule has 31 heavy (non-hydrogen) atoms. The Morgan fingerprint density at radius 1 is 1.03 bits per heavy atom. The van der Waals surface area contributed by atoms with Gasteiger partial charge in [0.2, 0.25) is 0 Å². The molecular formula is C22H18F4N4O. The number of nitrogens with zero attached hydrogens (tertiary/aromatic N) is 2. The molecule has 3 N–H and O–H groups in total. The van der Waals surface area contributed by atoms with Crippen molar-refractivity contribution >= 4 is 16.9 Å². The van der Waals surface area contributed by atoms with Gasteiger partial charge in [0, 0.05) is 16.8 Å². The second-order valence-electron chi connectivity index (χ2n) is 7.23. The maximum atomic E-state index is 13.5. The molecule has 0 fully saturated rings. The number of alkyl halides is 3. The molecule has 4 rings (SSSR count). The molecule has 0 saturated heterocycles. The Labute approximate surface area is 174 Å². The van der Waals surface area contributed by atoms with Crippen LogP contribution < -0.4 is 5.32 Å². The molecule has 0 radical (unpaired) electrons. The number of halogens is 4. The van der Waals surface area contributed by atoms with E-state index in [0.29, 0.717) is 28.5 Å². The molecule has 0 amide bonds. The number of hydrogen-bond acceptors (Lipinski definition) is 4. The zero-order valence-corrected chi connectivity index (χ0v) is 16.5. The largest absolute Gasteiger partial charge is 0.417 e. The van der Waals surface area contributed by atoms with Gasteiger partial charge in [-0.2, -0.15) is 13.2 Å². The number of aryl methyl sites for hydroxylation is 2. The van der Waals surface area contributed by atoms with Crippen LogP contribution in [0.2, 0.25) is 0 Å². The minimum absolute atomic E-state index is 0.0773. The average molecular weight is 430 g/mol. The standard InChI is InChI=1S/C22H18F4N4O/c1-11-8-12(2)27-18(9-11)29-21(31)15-4-3-5-17-19(15)30-20(28-17)14-7-6-13(23)10-16(14)22(24,25)26/h3-10,21,31H,1-2H3,(H,27,29)(H,28,30). The third-order valence-electron chi connectivity index (χ3n) is 4.76. The van der Waals surface area contributed by atoms with Crippen molar-refractivity contribution in [3.05, 3.63) is 76.7 Å². The van der Waals surface area contributed by atoms with E-state index in [2.05, 4.69) is 20.3 Å². The quantitative estimate of drug-likeness (QED) is 0.295. The van der Waals surface area contributed by atoms with Crippen molar-refractivity contribution in [2.45, 2.75) is 26.3 Å². The number of imidazole rings is 1. The summed E-state index contributed by atoms with van der Waals surface area (Å²) in [5.74, 6) is -0.615. The number of fused-ring (bicyclic) bond motifs is 1. The van der Waals surface area contributed by atoms with Crippen LogP contribution in [0.5, 0.6) is 0 Å². The molecule has 0 aliphatic rings. The molecular weight excluding hydrogens is 412 g/mol. The van der Waals surface area contributed by atoms with Crippen LogP contribution in [0.15, 0.2) is 48.5 Å². The monoisotopic (exact) mass is 430 g/mol. The third kappa shape index (κ3) is 4.22. The summed E-state index contributed by atoms with van der Waals surface area (Å²) in [6.07, 6.45) is -5.96. The van der Waals surface area contributed by atoms with Crippen LogP contribution in [0, 0.1) is 19.7 Å². The number of aliphatic hydroxyl groups excluding tert-OH is 1. The van der Waals surface area contributed by atoms with Gasteiger partial charge < -0.3 is 15.4 Å². The number of nitrogens with one attached hydrogen (secondary N) is 2. The number of pyridine rings is 1. The van der Waals surface area contributed by atoms with Crippen molar-refractivity contribution in [2.75, 3.05) is 5.32 Å². The van der Waals surface area contributed by atoms with Gasteiger partial charge in [0.15, 0.2) is 6.23 Å². The fraction of sp³-hybridized carbons (Fsp3) is 0.182. The summed E-state index contributed by atoms with van der Waals surface area (Å²) in [7, 11) is 0. The molecule has 160 valence electrons. The summed E-state index contributed by atoms with van der Waals surface area (Å²) in [6, 6.07) is 11.0. The van der Waals surface area contributed by atoms with E-state index >= 15 is 0 Å². The van der Waals surface area contributed by atoms with Crippen molar-refractivity contribution in [3.8, 4) is 11.4 Å². The number of hydrogen-bond donors (Lipinski definition) is 3. The second-order valence-corrected chi connectivity index (χ2v) is 7.23. The van der Waals surface area contributed by atoms with Gasteiger partial charge in [-0.15, -0.1) is 0 Å². The highest BCUT2D eigenvalue weighted by Crippen LogP contribution is 2.37. The molecule has 2 aromatic carbocycles. The van der Waals surface area contributed by atoms with Gasteiger partial charge >= 0.3 is 6.18 Å². The lowest BCUT2D eigenvalue weighted by Crippen LogP contribution is -2.12. The van der Waals surface area contributed by atoms with Gasteiger partial charge in [-0.1, -0.05) is 12.1 Å². The number of aliphatic hydroxyl groups is 1. The summed E-state index contributed by atoms with van der Waals surface area (Å²) < 4.78 is 53.7. The fourth-order valence-corrected chi connectivity index (χ4v) is 3.49. The number of H-pyrrole nitrogens is 1. The molecule has 5 nitrogen and oxygen atoms in total. The summed E-state index contributed by atoms with van der Waals surface area (Å²) in [4.78, 5) is 11.4. The lowest BCUT2D eigenvalue weighted by atomic mass is 10.1. The number of benzene rings is 2. The minimum Gasteiger partial charge on any atom is -0.369 e. The van der Waals surface area contributed by atoms with Gasteiger partial charge in [-0.3, -0.25) is 0 Å². The SMILES string of the molecule is Cc1cc(C)nc(NC(O)c2cccc3[nH]c(-c4ccc(F)cc4C(F)(F)F)nc23)c1. The lowest BCUT2D eigenvalue weighted by molar-refractivity contribution is -0.137. The zero-order chi connectivity index (χ0) is 22.3. The molecule has 0 aliphatic carbocycles. The van der Waals surface area contributed by atoms with E-state index in [4.69, 9.17) is 0 Å². The molecule has 4 aromatic rings. The summed E-state index contributed by atoms with van der Waals surface area (Å²) in [6.45, 7) is 3.72. The Morgan fingerprint density at radius 2 is 1.81 bits per heavy atom. The number of rotatable bonds is 4. The predicted octanol–water partition coefficient (Wildman–Crippen LogP) is 5.50. The number of aromatic nitrogens is 3. The van der Waals surface area contributed by atoms with E-state index in [9.17, 15) is 22.7 Å². The molecule has 0 saturated carbocycles. The summed E-state index contributed by atoms with van der Waals surface area (Å²) in [5, 5.41) is 13.6. The average Bonchev–Trinajstić information content (AvgIpc) is 3.10. The Morgan fingerprint density at radius 3 is 2.52 bits per heavy atom. The minimum atomic E-state index is -4.75. The fourth-order valence-electron chi connectivity index (χ4n) is 3.49. The summed E-state index contributed by atoms with van der Waals surface area (Å²) >= 11 is 0. The van der Waals surface area contributed by atoms with Crippen LogP contribution in [0.1, 0.15) is 28.6 Å². The topological polar surface area (TPSA) is 73.8 Å². The highest BCUT2D eigenvalue weighted by Gasteiger charge is 2.35. The molecule has 0 bridgehead atoms. The first kappa shape index (κ1) is 20.8. The smallest absolute Gasteiger partial charge is 0.369 e. The van der Waals surface area contributed by atoms with Crippen LogP contribution in [0.25, 0.3) is 22.4 Å². The van der Waals surface area contributed by atoms with Crippen molar-refractivity contribution in [1.29, 1.82) is 0 Å². The van der Waals surface area contributed by atoms with Crippen LogP contribution in [-0.4, -0.2) is 20.1 Å². The highest BCUT2D eigenvalue weighted by atomic mass is 19.4. The van der Waals surface area contributed by atoms with Gasteiger partial charge in [0.05, 0.1) is 16.6 Å². The van der Waals surface area contributed by atoms with E-state index in [1.54, 1.807) is 24.3 Å². The maximum Gasteiger partial charge on any atom is 0.417 e. The Balaban J connectivity index is 1.76. The molecule has 1 atom stereocenters. The normalized spacial score (nSPS) is 12.9. The van der Waals surface area contributed by atoms with E-state index < -0.39 is 23.8 Å². The van der Waals surface area contributed by atoms with Crippen LogP contribution in [0.4, 0.5) is 23.4 Å². The summed E-state index contributed by atoms with van der Waals surface area (Å²) in [5.41, 5.74) is 1.39. The van der Waals surface area contributed by atoms with E-state index in [-0.39, 0.29) is 11.4 Å². The first-order chi connectivity index (χ1) is 14.6. The van der Waals surface area contributed by atoms with Gasteiger partial charge in [-0.05, 0) is 55.8 Å². The van der Waals surface area contributed by atoms with E-state index in [1.165, 1.54) is 0 Å². The number of aromatic amines is 1. The first-order valence-corrected chi connectivity index (χ1v) is 9.37. The third-order valence-corrected chi connectivity index (χ3v) is 4.76. The lowest BCUT2D eigenvalue weighted by Gasteiger charge is -2.15. The first-order valence-electron chi connectivity index (χ1n) is 9.37. The number of anilines is 1. The van der Waals surface area contributed by atoms with Crippen molar-refractivity contribution in [3.63, 3.8) is 0 Å². The van der Waals surface area contributed by atoms with Gasteiger partial charge in [0.1, 0.15) is 17.5 Å². The Kier molecular flexibility index (Phi) is 5.14. The molecule has 0 spiro atoms. The van der Waals surface area contributed by atoms with Crippen LogP contribution in [-0.2, 0) is 6.18 Å². The number of para-hydroxylation sites is 1. The Hall–Kier alpha value is -3.46. The second kappa shape index (κ2) is 7.66. The van der Waals surface area contributed by atoms with Crippen molar-refractivity contribution in [2.24, 2.45) is 0 Å². The van der Waals surface area contributed by atoms with Crippen molar-refractivity contribution in [1.82, 2.24) is 15.0 Å². The maximum absolute atomic E-state index is 13.5. The van der Waals surface area contributed by atoms with Gasteiger partial charge in [0.25, 0.3) is 0 Å². The van der Waals surface area contributed by atoms with Crippen LogP contribution in [0.3, 0.4) is 0 Å². The molecule has 2 aromatic heterocycles.